The normalized spacial score (nSPS) is 11.5. The van der Waals surface area contributed by atoms with Gasteiger partial charge in [0.05, 0.1) is 9.92 Å². The summed E-state index contributed by atoms with van der Waals surface area (Å²) in [4.78, 5) is 23.4. The number of unbranched alkanes of at least 4 members (excludes halogenated alkanes) is 7. The molecule has 0 saturated heterocycles. The monoisotopic (exact) mass is 513 g/mol. The summed E-state index contributed by atoms with van der Waals surface area (Å²) in [5.41, 5.74) is 0.240. The summed E-state index contributed by atoms with van der Waals surface area (Å²) in [6.07, 6.45) is 7.54. The van der Waals surface area contributed by atoms with E-state index in [0.717, 1.165) is 38.5 Å². The van der Waals surface area contributed by atoms with Crippen molar-refractivity contribution in [2.75, 3.05) is 6.54 Å². The second-order valence-corrected chi connectivity index (χ2v) is 10.4. The van der Waals surface area contributed by atoms with Gasteiger partial charge < -0.3 is 5.11 Å². The maximum Gasteiger partial charge on any atom is 0.303 e. The molecule has 33 heavy (non-hydrogen) atoms. The van der Waals surface area contributed by atoms with Crippen molar-refractivity contribution in [2.24, 2.45) is 0 Å². The zero-order chi connectivity index (χ0) is 24.3. The molecule has 0 radical (unpaired) electrons. The molecule has 0 aliphatic carbocycles. The molecule has 180 valence electrons. The van der Waals surface area contributed by atoms with Crippen LogP contribution in [0.5, 0.6) is 0 Å². The molecule has 0 atom stereocenters. The second kappa shape index (κ2) is 13.7. The Kier molecular flexibility index (Phi) is 11.3. The Morgan fingerprint density at radius 1 is 0.818 bits per heavy atom. The first-order valence-electron chi connectivity index (χ1n) is 11.0. The molecule has 0 aliphatic rings. The highest BCUT2D eigenvalue weighted by Gasteiger charge is 2.23. The quantitative estimate of drug-likeness (QED) is 0.221. The summed E-state index contributed by atoms with van der Waals surface area (Å²) in [7, 11) is -3.87. The molecule has 0 bridgehead atoms. The van der Waals surface area contributed by atoms with Crippen LogP contribution in [0.15, 0.2) is 47.4 Å². The van der Waals surface area contributed by atoms with Crippen molar-refractivity contribution in [3.8, 4) is 0 Å². The van der Waals surface area contributed by atoms with Crippen LogP contribution in [0.4, 0.5) is 0 Å². The third-order valence-electron chi connectivity index (χ3n) is 5.21. The Labute approximate surface area is 205 Å². The maximum atomic E-state index is 13.0. The standard InChI is InChI=1S/C24H29Cl2NO5S/c25-18-14-15-19(21(26)17-18)24(30)20-11-8-9-12-22(20)33(31,32)27-16-10-6-4-2-1-3-5-7-13-23(28)29/h8-9,11-12,14-15,17,27H,1-7,10,13,16H2,(H,28,29). The number of sulfonamides is 1. The van der Waals surface area contributed by atoms with Crippen molar-refractivity contribution in [2.45, 2.75) is 62.7 Å². The number of nitrogens with one attached hydrogen (secondary N) is 1. The van der Waals surface area contributed by atoms with Crippen LogP contribution in [0.3, 0.4) is 0 Å². The molecule has 0 aliphatic heterocycles. The van der Waals surface area contributed by atoms with Gasteiger partial charge in [0.1, 0.15) is 0 Å². The van der Waals surface area contributed by atoms with Crippen molar-refractivity contribution in [3.63, 3.8) is 0 Å². The molecule has 2 aromatic carbocycles. The summed E-state index contributed by atoms with van der Waals surface area (Å²) >= 11 is 12.0. The Bertz CT molecular complexity index is 1060. The van der Waals surface area contributed by atoms with Crippen molar-refractivity contribution < 1.29 is 23.1 Å². The highest BCUT2D eigenvalue weighted by molar-refractivity contribution is 7.89. The van der Waals surface area contributed by atoms with Gasteiger partial charge in [-0.3, -0.25) is 9.59 Å². The van der Waals surface area contributed by atoms with E-state index in [1.807, 2.05) is 0 Å². The molecular weight excluding hydrogens is 485 g/mol. The average Bonchev–Trinajstić information content (AvgIpc) is 2.77. The molecule has 0 amide bonds. The summed E-state index contributed by atoms with van der Waals surface area (Å²) < 4.78 is 28.3. The number of hydrogen-bond acceptors (Lipinski definition) is 4. The van der Waals surface area contributed by atoms with Gasteiger partial charge in [-0.15, -0.1) is 0 Å². The fraction of sp³-hybridized carbons (Fsp3) is 0.417. The van der Waals surface area contributed by atoms with Crippen molar-refractivity contribution >= 4 is 45.0 Å². The lowest BCUT2D eigenvalue weighted by molar-refractivity contribution is -0.137. The van der Waals surface area contributed by atoms with Crippen LogP contribution in [0.2, 0.25) is 10.0 Å². The summed E-state index contributed by atoms with van der Waals surface area (Å²) in [6, 6.07) is 10.5. The van der Waals surface area contributed by atoms with E-state index < -0.39 is 21.8 Å². The molecule has 2 N–H and O–H groups in total. The summed E-state index contributed by atoms with van der Waals surface area (Å²) in [5, 5.41) is 9.15. The molecule has 0 unspecified atom stereocenters. The summed E-state index contributed by atoms with van der Waals surface area (Å²) in [6.45, 7) is 0.283. The number of halogens is 2. The molecule has 0 heterocycles. The maximum absolute atomic E-state index is 13.0. The van der Waals surface area contributed by atoms with E-state index >= 15 is 0 Å². The van der Waals surface area contributed by atoms with Crippen LogP contribution in [0.1, 0.15) is 73.7 Å². The van der Waals surface area contributed by atoms with E-state index in [-0.39, 0.29) is 34.0 Å². The highest BCUT2D eigenvalue weighted by atomic mass is 35.5. The molecule has 0 saturated carbocycles. The number of benzene rings is 2. The van der Waals surface area contributed by atoms with Crippen LogP contribution < -0.4 is 4.72 Å². The number of rotatable bonds is 15. The topological polar surface area (TPSA) is 101 Å². The molecule has 6 nitrogen and oxygen atoms in total. The first-order valence-corrected chi connectivity index (χ1v) is 13.3. The number of hydrogen-bond donors (Lipinski definition) is 2. The van der Waals surface area contributed by atoms with Gasteiger partial charge in [0.2, 0.25) is 10.0 Å². The van der Waals surface area contributed by atoms with Gasteiger partial charge in [-0.25, -0.2) is 13.1 Å². The lowest BCUT2D eigenvalue weighted by Gasteiger charge is -2.12. The van der Waals surface area contributed by atoms with Gasteiger partial charge in [-0.05, 0) is 43.2 Å². The van der Waals surface area contributed by atoms with Gasteiger partial charge in [0.15, 0.2) is 5.78 Å². The molecule has 2 aromatic rings. The first-order chi connectivity index (χ1) is 15.7. The molecule has 9 heteroatoms. The smallest absolute Gasteiger partial charge is 0.303 e. The third kappa shape index (κ3) is 9.08. The minimum absolute atomic E-state index is 0.0529. The van der Waals surface area contributed by atoms with Gasteiger partial charge >= 0.3 is 5.97 Å². The van der Waals surface area contributed by atoms with E-state index in [1.54, 1.807) is 12.1 Å². The molecule has 0 spiro atoms. The molecular formula is C24H29Cl2NO5S. The SMILES string of the molecule is O=C(O)CCCCCCCCCCNS(=O)(=O)c1ccccc1C(=O)c1ccc(Cl)cc1Cl. The van der Waals surface area contributed by atoms with Gasteiger partial charge in [-0.1, -0.05) is 73.9 Å². The summed E-state index contributed by atoms with van der Waals surface area (Å²) in [5.74, 6) is -1.24. The van der Waals surface area contributed by atoms with Crippen LogP contribution in [-0.2, 0) is 14.8 Å². The minimum atomic E-state index is -3.87. The lowest BCUT2D eigenvalue weighted by Crippen LogP contribution is -2.26. The van der Waals surface area contributed by atoms with E-state index in [4.69, 9.17) is 28.3 Å². The van der Waals surface area contributed by atoms with E-state index in [1.165, 1.54) is 30.3 Å². The lowest BCUT2D eigenvalue weighted by atomic mass is 10.0. The van der Waals surface area contributed by atoms with Crippen molar-refractivity contribution in [3.05, 3.63) is 63.6 Å². The Morgan fingerprint density at radius 2 is 1.42 bits per heavy atom. The largest absolute Gasteiger partial charge is 0.481 e. The second-order valence-electron chi connectivity index (χ2n) is 7.82. The van der Waals surface area contributed by atoms with Crippen molar-refractivity contribution in [1.29, 1.82) is 0 Å². The van der Waals surface area contributed by atoms with Gasteiger partial charge in [-0.2, -0.15) is 0 Å². The zero-order valence-electron chi connectivity index (χ0n) is 18.4. The fourth-order valence-electron chi connectivity index (χ4n) is 3.45. The third-order valence-corrected chi connectivity index (χ3v) is 7.27. The predicted octanol–water partition coefficient (Wildman–Crippen LogP) is 6.10. The van der Waals surface area contributed by atoms with Crippen LogP contribution >= 0.6 is 23.2 Å². The Hall–Kier alpha value is -1.93. The van der Waals surface area contributed by atoms with Crippen LogP contribution in [0.25, 0.3) is 0 Å². The zero-order valence-corrected chi connectivity index (χ0v) is 20.7. The van der Waals surface area contributed by atoms with Crippen LogP contribution in [0, 0.1) is 0 Å². The minimum Gasteiger partial charge on any atom is -0.481 e. The highest BCUT2D eigenvalue weighted by Crippen LogP contribution is 2.26. The Morgan fingerprint density at radius 3 is 2.06 bits per heavy atom. The molecule has 2 rings (SSSR count). The molecule has 0 fully saturated rings. The number of aliphatic carboxylic acids is 1. The van der Waals surface area contributed by atoms with E-state index in [2.05, 4.69) is 4.72 Å². The van der Waals surface area contributed by atoms with Crippen LogP contribution in [-0.4, -0.2) is 31.8 Å². The van der Waals surface area contributed by atoms with Gasteiger partial charge in [0, 0.05) is 29.1 Å². The average molecular weight is 514 g/mol. The predicted molar refractivity (Wildman–Crippen MR) is 131 cm³/mol. The number of ketones is 1. The van der Waals surface area contributed by atoms with E-state index in [0.29, 0.717) is 17.9 Å². The molecule has 0 aromatic heterocycles. The number of carbonyl (C=O) groups excluding carboxylic acids is 1. The fourth-order valence-corrected chi connectivity index (χ4v) is 5.22. The van der Waals surface area contributed by atoms with E-state index in [9.17, 15) is 18.0 Å². The number of carboxylic acids is 1. The number of carboxylic acid groups (broad SMARTS) is 1. The van der Waals surface area contributed by atoms with Crippen molar-refractivity contribution in [1.82, 2.24) is 4.72 Å². The Balaban J connectivity index is 1.84. The first kappa shape index (κ1) is 27.3. The number of carbonyl (C=O) groups is 2. The van der Waals surface area contributed by atoms with Gasteiger partial charge in [0.25, 0.3) is 0 Å².